The molecule has 3 atom stereocenters. The molecule has 0 aromatic heterocycles. The van der Waals surface area contributed by atoms with Crippen molar-refractivity contribution in [3.8, 4) is 0 Å². The standard InChI is InChI=1S/C46H75O10P/c1-3-5-7-9-11-13-15-17-19-21-23-25-27-29-31-33-35-37-45(49)53-41-44(42-55-57(51,52)54-40-43(48)39-47)56-46(50)38-36-34-32-30-28-26-24-22-20-18-16-14-12-10-8-6-4-2/h5-8,11-14,17-20,23-26,43-44,47-48H,3-4,9-10,15-16,21-22,27-42H2,1-2H3,(H,51,52)/b7-5-,8-6-,13-11-,14-12-,19-17-,20-18-,25-23-,26-24-/t43-,44+/m0/s1. The van der Waals surface area contributed by atoms with Gasteiger partial charge in [-0.3, -0.25) is 18.6 Å². The van der Waals surface area contributed by atoms with E-state index in [4.69, 9.17) is 19.1 Å². The van der Waals surface area contributed by atoms with Gasteiger partial charge in [0.25, 0.3) is 0 Å². The van der Waals surface area contributed by atoms with Crippen LogP contribution in [0.5, 0.6) is 0 Å². The average Bonchev–Trinajstić information content (AvgIpc) is 3.20. The molecule has 1 unspecified atom stereocenters. The van der Waals surface area contributed by atoms with Crippen molar-refractivity contribution in [2.24, 2.45) is 0 Å². The monoisotopic (exact) mass is 819 g/mol. The SMILES string of the molecule is CC/C=C\C/C=C\C/C=C\C/C=C\CCCCCCC(=O)OC[C@H](COP(=O)(O)OC[C@@H](O)CO)OC(=O)CCCCCC/C=C\C/C=C\C/C=C\C/C=C\CC. The van der Waals surface area contributed by atoms with Crippen molar-refractivity contribution in [2.75, 3.05) is 26.4 Å². The van der Waals surface area contributed by atoms with Crippen molar-refractivity contribution < 1.29 is 47.8 Å². The summed E-state index contributed by atoms with van der Waals surface area (Å²) in [6, 6.07) is 0. The summed E-state index contributed by atoms with van der Waals surface area (Å²) >= 11 is 0. The number of unbranched alkanes of at least 4 members (excludes halogenated alkanes) is 8. The molecule has 0 aromatic rings. The zero-order valence-electron chi connectivity index (χ0n) is 35.0. The molecular formula is C46H75O10P. The van der Waals surface area contributed by atoms with Gasteiger partial charge in [-0.05, 0) is 89.9 Å². The van der Waals surface area contributed by atoms with Crippen LogP contribution in [0.3, 0.4) is 0 Å². The van der Waals surface area contributed by atoms with Crippen LogP contribution in [0.2, 0.25) is 0 Å². The van der Waals surface area contributed by atoms with E-state index in [-0.39, 0.29) is 19.4 Å². The summed E-state index contributed by atoms with van der Waals surface area (Å²) in [4.78, 5) is 35.0. The Labute approximate surface area is 344 Å². The van der Waals surface area contributed by atoms with E-state index in [1.807, 2.05) is 0 Å². The van der Waals surface area contributed by atoms with Crippen molar-refractivity contribution in [2.45, 2.75) is 154 Å². The number of allylic oxidation sites excluding steroid dienone is 16. The molecule has 10 nitrogen and oxygen atoms in total. The van der Waals surface area contributed by atoms with Gasteiger partial charge in [-0.1, -0.05) is 137 Å². The third-order valence-corrected chi connectivity index (χ3v) is 9.18. The van der Waals surface area contributed by atoms with Gasteiger partial charge in [0.15, 0.2) is 6.10 Å². The number of hydrogen-bond acceptors (Lipinski definition) is 9. The number of phosphoric ester groups is 1. The molecule has 0 fully saturated rings. The normalized spacial score (nSPS) is 14.8. The maximum atomic E-state index is 12.6. The number of aliphatic hydroxyl groups excluding tert-OH is 2. The van der Waals surface area contributed by atoms with E-state index < -0.39 is 51.8 Å². The lowest BCUT2D eigenvalue weighted by Crippen LogP contribution is -2.29. The Bertz CT molecular complexity index is 1260. The summed E-state index contributed by atoms with van der Waals surface area (Å²) in [6.45, 7) is 2.07. The van der Waals surface area contributed by atoms with E-state index in [0.717, 1.165) is 103 Å². The smallest absolute Gasteiger partial charge is 0.462 e. The summed E-state index contributed by atoms with van der Waals surface area (Å²) < 4.78 is 32.7. The van der Waals surface area contributed by atoms with Crippen LogP contribution in [-0.4, -0.2) is 65.7 Å². The number of carbonyl (C=O) groups excluding carboxylic acids is 2. The minimum atomic E-state index is -4.64. The summed E-state index contributed by atoms with van der Waals surface area (Å²) in [6.07, 6.45) is 49.4. The van der Waals surface area contributed by atoms with Crippen LogP contribution in [0, 0.1) is 0 Å². The summed E-state index contributed by atoms with van der Waals surface area (Å²) in [5.41, 5.74) is 0. The molecule has 0 spiro atoms. The predicted octanol–water partition coefficient (Wildman–Crippen LogP) is 11.2. The van der Waals surface area contributed by atoms with Crippen LogP contribution in [0.25, 0.3) is 0 Å². The fraction of sp³-hybridized carbons (Fsp3) is 0.609. The van der Waals surface area contributed by atoms with E-state index in [1.165, 1.54) is 0 Å². The van der Waals surface area contributed by atoms with Crippen LogP contribution >= 0.6 is 7.82 Å². The second-order valence-electron chi connectivity index (χ2n) is 13.6. The second kappa shape index (κ2) is 41.1. The number of hydrogen-bond donors (Lipinski definition) is 3. The Hall–Kier alpha value is -3.11. The van der Waals surface area contributed by atoms with Crippen LogP contribution < -0.4 is 0 Å². The van der Waals surface area contributed by atoms with E-state index >= 15 is 0 Å². The van der Waals surface area contributed by atoms with Crippen LogP contribution in [0.15, 0.2) is 97.2 Å². The van der Waals surface area contributed by atoms with Crippen LogP contribution in [0.1, 0.15) is 142 Å². The topological polar surface area (TPSA) is 149 Å². The lowest BCUT2D eigenvalue weighted by molar-refractivity contribution is -0.161. The molecule has 0 bridgehead atoms. The van der Waals surface area contributed by atoms with Crippen molar-refractivity contribution >= 4 is 19.8 Å². The van der Waals surface area contributed by atoms with Gasteiger partial charge < -0.3 is 24.6 Å². The fourth-order valence-electron chi connectivity index (χ4n) is 5.03. The molecule has 3 N–H and O–H groups in total. The van der Waals surface area contributed by atoms with E-state index in [0.29, 0.717) is 12.8 Å². The number of aliphatic hydroxyl groups is 2. The molecule has 0 radical (unpaired) electrons. The molecule has 0 saturated carbocycles. The molecule has 0 aliphatic rings. The Kier molecular flexibility index (Phi) is 38.8. The van der Waals surface area contributed by atoms with Gasteiger partial charge in [0.2, 0.25) is 0 Å². The number of carbonyl (C=O) groups is 2. The fourth-order valence-corrected chi connectivity index (χ4v) is 5.82. The number of phosphoric acid groups is 1. The zero-order valence-corrected chi connectivity index (χ0v) is 35.9. The largest absolute Gasteiger partial charge is 0.472 e. The summed E-state index contributed by atoms with van der Waals surface area (Å²) in [5, 5.41) is 18.3. The lowest BCUT2D eigenvalue weighted by Gasteiger charge is -2.20. The molecule has 0 rings (SSSR count). The molecule has 324 valence electrons. The van der Waals surface area contributed by atoms with Gasteiger partial charge in [0.05, 0.1) is 19.8 Å². The average molecular weight is 819 g/mol. The summed E-state index contributed by atoms with van der Waals surface area (Å²) in [5.74, 6) is -0.992. The highest BCUT2D eigenvalue weighted by Crippen LogP contribution is 2.43. The molecule has 0 aromatic carbocycles. The highest BCUT2D eigenvalue weighted by Gasteiger charge is 2.27. The van der Waals surface area contributed by atoms with Crippen LogP contribution in [-0.2, 0) is 32.7 Å². The first-order chi connectivity index (χ1) is 27.7. The minimum Gasteiger partial charge on any atom is -0.462 e. The minimum absolute atomic E-state index is 0.144. The first-order valence-corrected chi connectivity index (χ1v) is 22.7. The highest BCUT2D eigenvalue weighted by molar-refractivity contribution is 7.47. The Balaban J connectivity index is 4.42. The zero-order chi connectivity index (χ0) is 41.9. The maximum Gasteiger partial charge on any atom is 0.472 e. The lowest BCUT2D eigenvalue weighted by atomic mass is 10.1. The van der Waals surface area contributed by atoms with E-state index in [1.54, 1.807) is 0 Å². The first-order valence-electron chi connectivity index (χ1n) is 21.2. The van der Waals surface area contributed by atoms with E-state index in [2.05, 4.69) is 116 Å². The Morgan fingerprint density at radius 2 is 0.912 bits per heavy atom. The van der Waals surface area contributed by atoms with Gasteiger partial charge in [-0.25, -0.2) is 4.57 Å². The Morgan fingerprint density at radius 1 is 0.526 bits per heavy atom. The van der Waals surface area contributed by atoms with Crippen molar-refractivity contribution in [1.29, 1.82) is 0 Å². The molecule has 57 heavy (non-hydrogen) atoms. The van der Waals surface area contributed by atoms with Crippen molar-refractivity contribution in [3.05, 3.63) is 97.2 Å². The molecule has 0 aliphatic carbocycles. The number of rotatable bonds is 38. The Morgan fingerprint density at radius 3 is 1.35 bits per heavy atom. The molecule has 0 heterocycles. The van der Waals surface area contributed by atoms with Crippen molar-refractivity contribution in [3.63, 3.8) is 0 Å². The predicted molar refractivity (Wildman–Crippen MR) is 232 cm³/mol. The van der Waals surface area contributed by atoms with E-state index in [9.17, 15) is 24.2 Å². The van der Waals surface area contributed by atoms with Gasteiger partial charge in [-0.15, -0.1) is 0 Å². The third-order valence-electron chi connectivity index (χ3n) is 8.23. The molecule has 0 saturated heterocycles. The quantitative estimate of drug-likeness (QED) is 0.0238. The molecular weight excluding hydrogens is 743 g/mol. The first kappa shape index (κ1) is 53.9. The number of esters is 2. The summed E-state index contributed by atoms with van der Waals surface area (Å²) in [7, 11) is -4.64. The number of ether oxygens (including phenoxy) is 2. The van der Waals surface area contributed by atoms with Gasteiger partial charge >= 0.3 is 19.8 Å². The molecule has 0 aliphatic heterocycles. The third kappa shape index (κ3) is 40.9. The maximum absolute atomic E-state index is 12.6. The van der Waals surface area contributed by atoms with Gasteiger partial charge in [-0.2, -0.15) is 0 Å². The molecule has 11 heteroatoms. The molecule has 0 amide bonds. The van der Waals surface area contributed by atoms with Crippen LogP contribution in [0.4, 0.5) is 0 Å². The van der Waals surface area contributed by atoms with Gasteiger partial charge in [0.1, 0.15) is 12.7 Å². The van der Waals surface area contributed by atoms with Gasteiger partial charge in [0, 0.05) is 12.8 Å². The second-order valence-corrected chi connectivity index (χ2v) is 15.1. The van der Waals surface area contributed by atoms with Crippen molar-refractivity contribution in [1.82, 2.24) is 0 Å². The highest BCUT2D eigenvalue weighted by atomic mass is 31.2.